The van der Waals surface area contributed by atoms with Gasteiger partial charge in [0.15, 0.2) is 0 Å². The Bertz CT molecular complexity index is 547. The van der Waals surface area contributed by atoms with Gasteiger partial charge in [0.1, 0.15) is 18.1 Å². The van der Waals surface area contributed by atoms with Crippen LogP contribution in [0, 0.1) is 0 Å². The van der Waals surface area contributed by atoms with Crippen LogP contribution in [0.15, 0.2) is 48.5 Å². The zero-order valence-electron chi connectivity index (χ0n) is 13.6. The highest BCUT2D eigenvalue weighted by Crippen LogP contribution is 2.18. The SMILES string of the molecule is COc1ccc(CNCCOc2ccc(C(C)C)cc2)cc1. The molecule has 0 aromatic heterocycles. The zero-order chi connectivity index (χ0) is 15.8. The van der Waals surface area contributed by atoms with E-state index in [0.717, 1.165) is 24.6 Å². The Balaban J connectivity index is 1.66. The van der Waals surface area contributed by atoms with Gasteiger partial charge in [-0.25, -0.2) is 0 Å². The van der Waals surface area contributed by atoms with E-state index in [1.165, 1.54) is 11.1 Å². The first kappa shape index (κ1) is 16.4. The van der Waals surface area contributed by atoms with Gasteiger partial charge in [-0.2, -0.15) is 0 Å². The molecule has 2 rings (SSSR count). The molecule has 3 heteroatoms. The van der Waals surface area contributed by atoms with Crippen molar-refractivity contribution in [2.45, 2.75) is 26.3 Å². The summed E-state index contributed by atoms with van der Waals surface area (Å²) >= 11 is 0. The Morgan fingerprint density at radius 2 is 1.55 bits per heavy atom. The van der Waals surface area contributed by atoms with Crippen LogP contribution < -0.4 is 14.8 Å². The van der Waals surface area contributed by atoms with Crippen molar-refractivity contribution in [2.75, 3.05) is 20.3 Å². The molecule has 1 N–H and O–H groups in total. The van der Waals surface area contributed by atoms with Crippen molar-refractivity contribution in [1.29, 1.82) is 0 Å². The molecule has 0 aliphatic rings. The second-order valence-corrected chi connectivity index (χ2v) is 5.60. The Hall–Kier alpha value is -2.00. The molecule has 0 bridgehead atoms. The minimum absolute atomic E-state index is 0.556. The van der Waals surface area contributed by atoms with E-state index >= 15 is 0 Å². The molecule has 0 aliphatic carbocycles. The van der Waals surface area contributed by atoms with Gasteiger partial charge in [-0.1, -0.05) is 38.1 Å². The maximum absolute atomic E-state index is 5.73. The van der Waals surface area contributed by atoms with Crippen molar-refractivity contribution >= 4 is 0 Å². The molecule has 0 amide bonds. The van der Waals surface area contributed by atoms with Crippen molar-refractivity contribution in [3.8, 4) is 11.5 Å². The van der Waals surface area contributed by atoms with E-state index in [-0.39, 0.29) is 0 Å². The molecule has 22 heavy (non-hydrogen) atoms. The van der Waals surface area contributed by atoms with Gasteiger partial charge >= 0.3 is 0 Å². The van der Waals surface area contributed by atoms with Crippen molar-refractivity contribution in [3.63, 3.8) is 0 Å². The van der Waals surface area contributed by atoms with E-state index in [1.807, 2.05) is 24.3 Å². The topological polar surface area (TPSA) is 30.5 Å². The van der Waals surface area contributed by atoms with Gasteiger partial charge in [0, 0.05) is 13.1 Å². The third-order valence-corrected chi connectivity index (χ3v) is 3.58. The van der Waals surface area contributed by atoms with Gasteiger partial charge in [-0.3, -0.25) is 0 Å². The van der Waals surface area contributed by atoms with Crippen molar-refractivity contribution in [3.05, 3.63) is 59.7 Å². The van der Waals surface area contributed by atoms with Crippen molar-refractivity contribution in [1.82, 2.24) is 5.32 Å². The normalized spacial score (nSPS) is 10.7. The lowest BCUT2D eigenvalue weighted by Crippen LogP contribution is -2.20. The Kier molecular flexibility index (Phi) is 6.28. The predicted molar refractivity (Wildman–Crippen MR) is 90.7 cm³/mol. The van der Waals surface area contributed by atoms with Gasteiger partial charge in [0.05, 0.1) is 7.11 Å². The van der Waals surface area contributed by atoms with E-state index < -0.39 is 0 Å². The molecule has 0 saturated carbocycles. The summed E-state index contributed by atoms with van der Waals surface area (Å²) in [5.74, 6) is 2.37. The smallest absolute Gasteiger partial charge is 0.119 e. The van der Waals surface area contributed by atoms with Crippen molar-refractivity contribution in [2.24, 2.45) is 0 Å². The number of benzene rings is 2. The average molecular weight is 299 g/mol. The zero-order valence-corrected chi connectivity index (χ0v) is 13.6. The molecule has 0 unspecified atom stereocenters. The summed E-state index contributed by atoms with van der Waals surface area (Å²) in [4.78, 5) is 0. The second-order valence-electron chi connectivity index (χ2n) is 5.60. The highest BCUT2D eigenvalue weighted by atomic mass is 16.5. The number of ether oxygens (including phenoxy) is 2. The maximum Gasteiger partial charge on any atom is 0.119 e. The van der Waals surface area contributed by atoms with Crippen molar-refractivity contribution < 1.29 is 9.47 Å². The van der Waals surface area contributed by atoms with E-state index in [9.17, 15) is 0 Å². The van der Waals surface area contributed by atoms with Gasteiger partial charge < -0.3 is 14.8 Å². The molecule has 118 valence electrons. The van der Waals surface area contributed by atoms with Crippen LogP contribution in [0.25, 0.3) is 0 Å². The summed E-state index contributed by atoms with van der Waals surface area (Å²) in [5.41, 5.74) is 2.58. The predicted octanol–water partition coefficient (Wildman–Crippen LogP) is 3.99. The Morgan fingerprint density at radius 3 is 2.14 bits per heavy atom. The van der Waals surface area contributed by atoms with Gasteiger partial charge in [-0.15, -0.1) is 0 Å². The van der Waals surface area contributed by atoms with Crippen LogP contribution >= 0.6 is 0 Å². The minimum atomic E-state index is 0.556. The fourth-order valence-electron chi connectivity index (χ4n) is 2.17. The van der Waals surface area contributed by atoms with E-state index in [2.05, 4.69) is 43.4 Å². The minimum Gasteiger partial charge on any atom is -0.497 e. The summed E-state index contributed by atoms with van der Waals surface area (Å²) in [5, 5.41) is 3.37. The molecule has 2 aromatic rings. The molecular formula is C19H25NO2. The molecule has 0 heterocycles. The van der Waals surface area contributed by atoms with Crippen LogP contribution in [-0.2, 0) is 6.54 Å². The second kappa shape index (κ2) is 8.44. The van der Waals surface area contributed by atoms with Gasteiger partial charge in [0.25, 0.3) is 0 Å². The molecule has 0 saturated heterocycles. The Morgan fingerprint density at radius 1 is 0.909 bits per heavy atom. The molecule has 3 nitrogen and oxygen atoms in total. The molecule has 0 atom stereocenters. The fraction of sp³-hybridized carbons (Fsp3) is 0.368. The largest absolute Gasteiger partial charge is 0.497 e. The number of methoxy groups -OCH3 is 1. The summed E-state index contributed by atoms with van der Waals surface area (Å²) in [6.07, 6.45) is 0. The van der Waals surface area contributed by atoms with Crippen LogP contribution in [0.5, 0.6) is 11.5 Å². The van der Waals surface area contributed by atoms with E-state index in [1.54, 1.807) is 7.11 Å². The van der Waals surface area contributed by atoms with Crippen LogP contribution in [-0.4, -0.2) is 20.3 Å². The average Bonchev–Trinajstić information content (AvgIpc) is 2.55. The van der Waals surface area contributed by atoms with Gasteiger partial charge in [-0.05, 0) is 41.3 Å². The monoisotopic (exact) mass is 299 g/mol. The van der Waals surface area contributed by atoms with Gasteiger partial charge in [0.2, 0.25) is 0 Å². The number of hydrogen-bond donors (Lipinski definition) is 1. The number of rotatable bonds is 8. The summed E-state index contributed by atoms with van der Waals surface area (Å²) in [6, 6.07) is 16.4. The number of hydrogen-bond acceptors (Lipinski definition) is 3. The fourth-order valence-corrected chi connectivity index (χ4v) is 2.17. The Labute approximate surface area is 133 Å². The van der Waals surface area contributed by atoms with Crippen LogP contribution in [0.4, 0.5) is 0 Å². The summed E-state index contributed by atoms with van der Waals surface area (Å²) < 4.78 is 10.9. The lowest BCUT2D eigenvalue weighted by Gasteiger charge is -2.10. The molecule has 0 spiro atoms. The summed E-state index contributed by atoms with van der Waals surface area (Å²) in [7, 11) is 1.68. The lowest BCUT2D eigenvalue weighted by molar-refractivity contribution is 0.313. The highest BCUT2D eigenvalue weighted by molar-refractivity contribution is 5.29. The molecule has 0 fully saturated rings. The third kappa shape index (κ3) is 5.08. The third-order valence-electron chi connectivity index (χ3n) is 3.58. The molecule has 0 radical (unpaired) electrons. The highest BCUT2D eigenvalue weighted by Gasteiger charge is 1.99. The standard InChI is InChI=1S/C19H25NO2/c1-15(2)17-6-10-19(11-7-17)22-13-12-20-14-16-4-8-18(21-3)9-5-16/h4-11,15,20H,12-14H2,1-3H3. The lowest BCUT2D eigenvalue weighted by atomic mass is 10.0. The molecular weight excluding hydrogens is 274 g/mol. The first-order valence-corrected chi connectivity index (χ1v) is 7.75. The van der Waals surface area contributed by atoms with Crippen LogP contribution in [0.1, 0.15) is 30.9 Å². The number of nitrogens with one attached hydrogen (secondary N) is 1. The summed E-state index contributed by atoms with van der Waals surface area (Å²) in [6.45, 7) is 6.70. The quantitative estimate of drug-likeness (QED) is 0.748. The van der Waals surface area contributed by atoms with E-state index in [0.29, 0.717) is 12.5 Å². The van der Waals surface area contributed by atoms with Crippen LogP contribution in [0.3, 0.4) is 0 Å². The van der Waals surface area contributed by atoms with Crippen LogP contribution in [0.2, 0.25) is 0 Å². The van der Waals surface area contributed by atoms with E-state index in [4.69, 9.17) is 9.47 Å². The first-order valence-electron chi connectivity index (χ1n) is 7.75. The maximum atomic E-state index is 5.73. The molecule has 0 aliphatic heterocycles. The first-order chi connectivity index (χ1) is 10.7. The molecule has 2 aromatic carbocycles.